The van der Waals surface area contributed by atoms with Crippen LogP contribution in [0.1, 0.15) is 19.3 Å². The Bertz CT molecular complexity index is 402. The van der Waals surface area contributed by atoms with E-state index in [0.29, 0.717) is 6.79 Å². The van der Waals surface area contributed by atoms with Crippen LogP contribution >= 0.6 is 0 Å². The zero-order chi connectivity index (χ0) is 12.2. The van der Waals surface area contributed by atoms with E-state index < -0.39 is 0 Å². The molecule has 4 nitrogen and oxygen atoms in total. The number of fused-ring (bicyclic) bond motifs is 1. The first-order valence-electron chi connectivity index (χ1n) is 6.67. The summed E-state index contributed by atoms with van der Waals surface area (Å²) in [4.78, 5) is 2.47. The van der Waals surface area contributed by atoms with Crippen LogP contribution in [0.4, 0.5) is 0 Å². The average molecular weight is 249 g/mol. The van der Waals surface area contributed by atoms with Crippen molar-refractivity contribution in [2.24, 2.45) is 0 Å². The summed E-state index contributed by atoms with van der Waals surface area (Å²) in [5.41, 5.74) is 0. The molecule has 0 aliphatic carbocycles. The van der Waals surface area contributed by atoms with E-state index >= 15 is 0 Å². The van der Waals surface area contributed by atoms with Crippen molar-refractivity contribution in [1.29, 1.82) is 0 Å². The van der Waals surface area contributed by atoms with E-state index in [9.17, 15) is 0 Å². The standard InChI is InChI=1S/C14H19NO3/c1-2-6-15(7-3-1)8-9-16-12-4-5-13-14(10-12)18-11-17-13/h4-5,10H,1-3,6-9,11H2. The molecule has 2 aliphatic heterocycles. The third-order valence-electron chi connectivity index (χ3n) is 3.47. The van der Waals surface area contributed by atoms with Crippen LogP contribution in [0.25, 0.3) is 0 Å². The van der Waals surface area contributed by atoms with Crippen molar-refractivity contribution in [2.45, 2.75) is 19.3 Å². The van der Waals surface area contributed by atoms with Crippen molar-refractivity contribution in [3.05, 3.63) is 18.2 Å². The summed E-state index contributed by atoms with van der Waals surface area (Å²) in [5, 5.41) is 0. The lowest BCUT2D eigenvalue weighted by molar-refractivity contribution is 0.173. The van der Waals surface area contributed by atoms with Crippen LogP contribution in [0.2, 0.25) is 0 Å². The van der Waals surface area contributed by atoms with Crippen molar-refractivity contribution in [2.75, 3.05) is 33.0 Å². The third-order valence-corrected chi connectivity index (χ3v) is 3.47. The molecule has 2 heterocycles. The monoisotopic (exact) mass is 249 g/mol. The van der Waals surface area contributed by atoms with E-state index in [0.717, 1.165) is 30.4 Å². The summed E-state index contributed by atoms with van der Waals surface area (Å²) in [6.45, 7) is 4.48. The fourth-order valence-corrected chi connectivity index (χ4v) is 2.44. The molecular weight excluding hydrogens is 230 g/mol. The van der Waals surface area contributed by atoms with Gasteiger partial charge in [0, 0.05) is 12.6 Å². The molecule has 98 valence electrons. The molecule has 0 N–H and O–H groups in total. The first kappa shape index (κ1) is 11.7. The highest BCUT2D eigenvalue weighted by Crippen LogP contribution is 2.35. The van der Waals surface area contributed by atoms with Gasteiger partial charge in [-0.25, -0.2) is 0 Å². The smallest absolute Gasteiger partial charge is 0.231 e. The highest BCUT2D eigenvalue weighted by atomic mass is 16.7. The van der Waals surface area contributed by atoms with E-state index in [1.165, 1.54) is 32.4 Å². The molecule has 0 radical (unpaired) electrons. The Balaban J connectivity index is 1.48. The summed E-state index contributed by atoms with van der Waals surface area (Å²) in [7, 11) is 0. The summed E-state index contributed by atoms with van der Waals surface area (Å²) >= 11 is 0. The number of ether oxygens (including phenoxy) is 3. The van der Waals surface area contributed by atoms with Crippen LogP contribution in [0.3, 0.4) is 0 Å². The predicted octanol–water partition coefficient (Wildman–Crippen LogP) is 2.28. The van der Waals surface area contributed by atoms with Crippen LogP contribution in [-0.4, -0.2) is 37.9 Å². The molecule has 0 amide bonds. The lowest BCUT2D eigenvalue weighted by Gasteiger charge is -2.26. The van der Waals surface area contributed by atoms with Crippen molar-refractivity contribution in [3.8, 4) is 17.2 Å². The van der Waals surface area contributed by atoms with E-state index in [4.69, 9.17) is 14.2 Å². The van der Waals surface area contributed by atoms with Crippen LogP contribution in [-0.2, 0) is 0 Å². The molecule has 0 aromatic heterocycles. The van der Waals surface area contributed by atoms with Gasteiger partial charge in [-0.1, -0.05) is 6.42 Å². The lowest BCUT2D eigenvalue weighted by Crippen LogP contribution is -2.33. The third kappa shape index (κ3) is 2.70. The number of nitrogens with zero attached hydrogens (tertiary/aromatic N) is 1. The van der Waals surface area contributed by atoms with Gasteiger partial charge in [0.05, 0.1) is 0 Å². The molecule has 0 saturated carbocycles. The number of benzene rings is 1. The minimum absolute atomic E-state index is 0.312. The Morgan fingerprint density at radius 2 is 1.89 bits per heavy atom. The van der Waals surface area contributed by atoms with Gasteiger partial charge in [-0.3, -0.25) is 4.90 Å². The molecular formula is C14H19NO3. The Kier molecular flexibility index (Phi) is 3.55. The molecule has 1 fully saturated rings. The second-order valence-electron chi connectivity index (χ2n) is 4.77. The number of hydrogen-bond acceptors (Lipinski definition) is 4. The van der Waals surface area contributed by atoms with Crippen LogP contribution < -0.4 is 14.2 Å². The highest BCUT2D eigenvalue weighted by Gasteiger charge is 2.14. The van der Waals surface area contributed by atoms with E-state index in [1.807, 2.05) is 18.2 Å². The van der Waals surface area contributed by atoms with Crippen molar-refractivity contribution >= 4 is 0 Å². The minimum atomic E-state index is 0.312. The summed E-state index contributed by atoms with van der Waals surface area (Å²) < 4.78 is 16.3. The van der Waals surface area contributed by atoms with Gasteiger partial charge in [0.15, 0.2) is 11.5 Å². The Morgan fingerprint density at radius 3 is 2.78 bits per heavy atom. The highest BCUT2D eigenvalue weighted by molar-refractivity contribution is 5.46. The van der Waals surface area contributed by atoms with Crippen molar-refractivity contribution in [3.63, 3.8) is 0 Å². The van der Waals surface area contributed by atoms with Gasteiger partial charge in [-0.2, -0.15) is 0 Å². The number of piperidine rings is 1. The molecule has 0 bridgehead atoms. The number of hydrogen-bond donors (Lipinski definition) is 0. The molecule has 4 heteroatoms. The Hall–Kier alpha value is -1.42. The summed E-state index contributed by atoms with van der Waals surface area (Å²) in [6, 6.07) is 5.74. The largest absolute Gasteiger partial charge is 0.492 e. The fraction of sp³-hybridized carbons (Fsp3) is 0.571. The zero-order valence-electron chi connectivity index (χ0n) is 10.6. The molecule has 0 spiro atoms. The molecule has 2 aliphatic rings. The lowest BCUT2D eigenvalue weighted by atomic mass is 10.1. The SMILES string of the molecule is c1cc2c(cc1OCCN1CCCCC1)OCO2. The second-order valence-corrected chi connectivity index (χ2v) is 4.77. The van der Waals surface area contributed by atoms with E-state index in [1.54, 1.807) is 0 Å². The maximum atomic E-state index is 5.76. The summed E-state index contributed by atoms with van der Waals surface area (Å²) in [5.74, 6) is 2.44. The van der Waals surface area contributed by atoms with Gasteiger partial charge in [0.25, 0.3) is 0 Å². The second kappa shape index (κ2) is 5.48. The minimum Gasteiger partial charge on any atom is -0.492 e. The molecule has 1 aromatic rings. The molecule has 0 unspecified atom stereocenters. The first-order chi connectivity index (χ1) is 8.92. The number of rotatable bonds is 4. The van der Waals surface area contributed by atoms with Gasteiger partial charge in [-0.05, 0) is 38.1 Å². The molecule has 18 heavy (non-hydrogen) atoms. The van der Waals surface area contributed by atoms with E-state index in [2.05, 4.69) is 4.90 Å². The quantitative estimate of drug-likeness (QED) is 0.819. The fourth-order valence-electron chi connectivity index (χ4n) is 2.44. The molecule has 1 saturated heterocycles. The Labute approximate surface area is 107 Å². The van der Waals surface area contributed by atoms with Crippen LogP contribution in [0.5, 0.6) is 17.2 Å². The maximum Gasteiger partial charge on any atom is 0.231 e. The van der Waals surface area contributed by atoms with Gasteiger partial charge >= 0.3 is 0 Å². The van der Waals surface area contributed by atoms with Crippen LogP contribution in [0.15, 0.2) is 18.2 Å². The zero-order valence-corrected chi connectivity index (χ0v) is 10.6. The van der Waals surface area contributed by atoms with Gasteiger partial charge in [-0.15, -0.1) is 0 Å². The van der Waals surface area contributed by atoms with Crippen LogP contribution in [0, 0.1) is 0 Å². The average Bonchev–Trinajstić information content (AvgIpc) is 2.87. The Morgan fingerprint density at radius 1 is 1.06 bits per heavy atom. The maximum absolute atomic E-state index is 5.76. The van der Waals surface area contributed by atoms with E-state index in [-0.39, 0.29) is 0 Å². The summed E-state index contributed by atoms with van der Waals surface area (Å²) in [6.07, 6.45) is 4.02. The predicted molar refractivity (Wildman–Crippen MR) is 68.4 cm³/mol. The van der Waals surface area contributed by atoms with Crippen molar-refractivity contribution in [1.82, 2.24) is 4.90 Å². The molecule has 1 aromatic carbocycles. The first-order valence-corrected chi connectivity index (χ1v) is 6.67. The van der Waals surface area contributed by atoms with Gasteiger partial charge in [0.2, 0.25) is 6.79 Å². The molecule has 0 atom stereocenters. The molecule has 3 rings (SSSR count). The number of likely N-dealkylation sites (tertiary alicyclic amines) is 1. The van der Waals surface area contributed by atoms with Crippen molar-refractivity contribution < 1.29 is 14.2 Å². The topological polar surface area (TPSA) is 30.9 Å². The van der Waals surface area contributed by atoms with Gasteiger partial charge in [0.1, 0.15) is 12.4 Å². The normalized spacial score (nSPS) is 18.9. The van der Waals surface area contributed by atoms with Gasteiger partial charge < -0.3 is 14.2 Å².